The van der Waals surface area contributed by atoms with Crippen molar-refractivity contribution in [3.05, 3.63) is 200 Å². The number of nitrogens with zero attached hydrogens (tertiary/aromatic N) is 5. The van der Waals surface area contributed by atoms with Crippen molar-refractivity contribution in [2.75, 3.05) is 0 Å². The minimum absolute atomic E-state index is 0.0143. The SMILES string of the molecule is [2H]c1cc([2H])c2c(c1)c1c([2H])c([2H])c3c4cc([2H])cc([2H])c4n(-c4nc(-c5ccccc5)nc(-c5ccccc5)n4)c3c1n2-c1cc(-c2ccccc2)cc(-c2ccccc2)c1. The van der Waals surface area contributed by atoms with Crippen LogP contribution >= 0.6 is 0 Å². The van der Waals surface area contributed by atoms with E-state index in [1.165, 1.54) is 12.1 Å². The molecule has 0 N–H and O–H groups in total. The molecule has 56 heavy (non-hydrogen) atoms. The molecule has 0 radical (unpaired) electrons. The van der Waals surface area contributed by atoms with E-state index in [-0.39, 0.29) is 42.2 Å². The van der Waals surface area contributed by atoms with Crippen LogP contribution in [0.5, 0.6) is 0 Å². The summed E-state index contributed by atoms with van der Waals surface area (Å²) < 4.78 is 59.7. The van der Waals surface area contributed by atoms with Gasteiger partial charge in [0.25, 0.3) is 0 Å². The Balaban J connectivity index is 1.38. The van der Waals surface area contributed by atoms with E-state index in [4.69, 9.17) is 17.7 Å². The van der Waals surface area contributed by atoms with Crippen LogP contribution in [0.15, 0.2) is 200 Å². The number of hydrogen-bond donors (Lipinski definition) is 0. The molecule has 3 aromatic heterocycles. The standard InChI is InChI=1S/C51H33N5/c1-5-17-34(18-6-1)38-31-39(35-19-7-2-8-20-35)33-40(32-38)55-45-27-15-13-25-41(45)43-29-30-44-42-26-14-16-28-46(42)56(48(44)47(43)55)51-53-49(36-21-9-3-10-22-36)52-50(54-51)37-23-11-4-12-24-37/h1-33H/i13D,14D,27D,28D,29D,30D. The number of benzene rings is 8. The zero-order chi connectivity index (χ0) is 42.2. The zero-order valence-corrected chi connectivity index (χ0v) is 29.8. The first-order valence-electron chi connectivity index (χ1n) is 21.4. The average molecular weight is 722 g/mol. The number of para-hydroxylation sites is 2. The van der Waals surface area contributed by atoms with Crippen LogP contribution in [0.1, 0.15) is 8.22 Å². The number of rotatable bonds is 6. The molecule has 0 aliphatic heterocycles. The third kappa shape index (κ3) is 5.21. The average Bonchev–Trinajstić information content (AvgIpc) is 3.83. The van der Waals surface area contributed by atoms with Crippen molar-refractivity contribution >= 4 is 43.6 Å². The van der Waals surface area contributed by atoms with E-state index in [0.717, 1.165) is 33.4 Å². The Bertz CT molecular complexity index is 3220. The molecule has 8 aromatic carbocycles. The van der Waals surface area contributed by atoms with Crippen molar-refractivity contribution in [2.24, 2.45) is 0 Å². The largest absolute Gasteiger partial charge is 0.307 e. The fourth-order valence-electron chi connectivity index (χ4n) is 7.73. The Hall–Kier alpha value is -7.63. The molecule has 11 aromatic rings. The van der Waals surface area contributed by atoms with Crippen LogP contribution in [0.25, 0.3) is 100 Å². The highest BCUT2D eigenvalue weighted by Crippen LogP contribution is 2.42. The molecule has 5 nitrogen and oxygen atoms in total. The summed E-state index contributed by atoms with van der Waals surface area (Å²) in [5.41, 5.74) is 7.69. The third-order valence-electron chi connectivity index (χ3n) is 10.3. The van der Waals surface area contributed by atoms with Gasteiger partial charge in [0.15, 0.2) is 11.6 Å². The van der Waals surface area contributed by atoms with Gasteiger partial charge in [-0.05, 0) is 52.5 Å². The molecule has 3 heterocycles. The highest BCUT2D eigenvalue weighted by Gasteiger charge is 2.24. The van der Waals surface area contributed by atoms with Gasteiger partial charge < -0.3 is 4.57 Å². The summed E-state index contributed by atoms with van der Waals surface area (Å²) in [7, 11) is 0. The van der Waals surface area contributed by atoms with Crippen LogP contribution in [-0.4, -0.2) is 24.1 Å². The normalized spacial score (nSPS) is 13.1. The molecule has 0 amide bonds. The zero-order valence-electron chi connectivity index (χ0n) is 35.8. The monoisotopic (exact) mass is 721 g/mol. The van der Waals surface area contributed by atoms with Gasteiger partial charge in [-0.1, -0.05) is 170 Å². The Kier molecular flexibility index (Phi) is 6.10. The molecule has 0 aliphatic carbocycles. The van der Waals surface area contributed by atoms with Crippen molar-refractivity contribution < 1.29 is 8.22 Å². The second-order valence-corrected chi connectivity index (χ2v) is 13.6. The lowest BCUT2D eigenvalue weighted by Gasteiger charge is -2.15. The van der Waals surface area contributed by atoms with Crippen LogP contribution in [0.4, 0.5) is 0 Å². The predicted molar refractivity (Wildman–Crippen MR) is 230 cm³/mol. The quantitative estimate of drug-likeness (QED) is 0.172. The van der Waals surface area contributed by atoms with Gasteiger partial charge in [-0.2, -0.15) is 9.97 Å². The summed E-state index contributed by atoms with van der Waals surface area (Å²) in [4.78, 5) is 15.2. The molecule has 0 fully saturated rings. The van der Waals surface area contributed by atoms with E-state index in [9.17, 15) is 5.48 Å². The molecule has 0 unspecified atom stereocenters. The first-order valence-corrected chi connectivity index (χ1v) is 18.4. The van der Waals surface area contributed by atoms with E-state index in [1.54, 1.807) is 16.7 Å². The fourth-order valence-corrected chi connectivity index (χ4v) is 7.73. The topological polar surface area (TPSA) is 48.5 Å². The minimum atomic E-state index is -0.120. The molecule has 262 valence electrons. The predicted octanol–water partition coefficient (Wildman–Crippen LogP) is 12.7. The van der Waals surface area contributed by atoms with Gasteiger partial charge in [0.1, 0.15) is 0 Å². The Labute approximate surface area is 331 Å². The highest BCUT2D eigenvalue weighted by molar-refractivity contribution is 6.23. The number of fused-ring (bicyclic) bond motifs is 7. The second kappa shape index (κ2) is 13.0. The highest BCUT2D eigenvalue weighted by atomic mass is 15.2. The summed E-state index contributed by atoms with van der Waals surface area (Å²) in [5, 5.41) is 1.60. The van der Waals surface area contributed by atoms with Gasteiger partial charge in [0.05, 0.1) is 30.3 Å². The summed E-state index contributed by atoms with van der Waals surface area (Å²) in [6.45, 7) is 0. The van der Waals surface area contributed by atoms with Crippen molar-refractivity contribution in [1.29, 1.82) is 0 Å². The Morgan fingerprint density at radius 2 is 0.786 bits per heavy atom. The Morgan fingerprint density at radius 1 is 0.357 bits per heavy atom. The molecular weight excluding hydrogens is 683 g/mol. The number of aromatic nitrogens is 5. The molecule has 11 rings (SSSR count). The molecule has 5 heteroatoms. The van der Waals surface area contributed by atoms with Crippen LogP contribution in [0, 0.1) is 0 Å². The van der Waals surface area contributed by atoms with Crippen molar-refractivity contribution in [1.82, 2.24) is 24.1 Å². The number of hydrogen-bond acceptors (Lipinski definition) is 3. The molecule has 0 spiro atoms. The van der Waals surface area contributed by atoms with Gasteiger partial charge in [-0.3, -0.25) is 4.57 Å². The maximum absolute atomic E-state index is 9.74. The first kappa shape index (κ1) is 26.2. The lowest BCUT2D eigenvalue weighted by atomic mass is 9.98. The molecule has 0 atom stereocenters. The van der Waals surface area contributed by atoms with E-state index in [1.807, 2.05) is 102 Å². The van der Waals surface area contributed by atoms with Crippen molar-refractivity contribution in [3.8, 4) is 56.7 Å². The minimum Gasteiger partial charge on any atom is -0.307 e. The summed E-state index contributed by atoms with van der Waals surface area (Å²) >= 11 is 0. The molecule has 0 saturated heterocycles. The van der Waals surface area contributed by atoms with Gasteiger partial charge in [0, 0.05) is 38.4 Å². The van der Waals surface area contributed by atoms with Gasteiger partial charge in [-0.25, -0.2) is 4.98 Å². The van der Waals surface area contributed by atoms with Crippen LogP contribution in [0.3, 0.4) is 0 Å². The Morgan fingerprint density at radius 3 is 1.27 bits per heavy atom. The maximum atomic E-state index is 9.74. The molecule has 0 bridgehead atoms. The van der Waals surface area contributed by atoms with Gasteiger partial charge in [0.2, 0.25) is 5.95 Å². The van der Waals surface area contributed by atoms with E-state index in [0.29, 0.717) is 60.9 Å². The van der Waals surface area contributed by atoms with E-state index in [2.05, 4.69) is 42.5 Å². The van der Waals surface area contributed by atoms with Gasteiger partial charge >= 0.3 is 0 Å². The van der Waals surface area contributed by atoms with E-state index < -0.39 is 0 Å². The smallest absolute Gasteiger partial charge is 0.238 e. The van der Waals surface area contributed by atoms with E-state index >= 15 is 0 Å². The maximum Gasteiger partial charge on any atom is 0.238 e. The summed E-state index contributed by atoms with van der Waals surface area (Å²) in [6.07, 6.45) is 0. The first-order chi connectivity index (χ1) is 30.2. The lowest BCUT2D eigenvalue weighted by Crippen LogP contribution is -2.07. The molecule has 0 saturated carbocycles. The molecular formula is C51H33N5. The summed E-state index contributed by atoms with van der Waals surface area (Å²) in [6, 6.07) is 51.8. The lowest BCUT2D eigenvalue weighted by molar-refractivity contribution is 0.953. The van der Waals surface area contributed by atoms with Crippen LogP contribution < -0.4 is 0 Å². The fraction of sp³-hybridized carbons (Fsp3) is 0. The van der Waals surface area contributed by atoms with Crippen molar-refractivity contribution in [3.63, 3.8) is 0 Å². The molecule has 0 aliphatic rings. The van der Waals surface area contributed by atoms with Crippen LogP contribution in [0.2, 0.25) is 0 Å². The summed E-state index contributed by atoms with van der Waals surface area (Å²) in [5.74, 6) is 0.960. The van der Waals surface area contributed by atoms with Gasteiger partial charge in [-0.15, -0.1) is 0 Å². The third-order valence-corrected chi connectivity index (χ3v) is 10.3. The van der Waals surface area contributed by atoms with Crippen LogP contribution in [-0.2, 0) is 0 Å². The van der Waals surface area contributed by atoms with Crippen molar-refractivity contribution in [2.45, 2.75) is 0 Å². The second-order valence-electron chi connectivity index (χ2n) is 13.6.